The van der Waals surface area contributed by atoms with Gasteiger partial charge in [0.05, 0.1) is 0 Å². The second-order valence-electron chi connectivity index (χ2n) is 3.55. The molecule has 0 aromatic carbocycles. The number of aryl methyl sites for hydroxylation is 2. The summed E-state index contributed by atoms with van der Waals surface area (Å²) in [5.41, 5.74) is 0. The second kappa shape index (κ2) is 5.16. The van der Waals surface area contributed by atoms with Gasteiger partial charge in [-0.2, -0.15) is 0 Å². The Morgan fingerprint density at radius 1 is 1.62 bits per heavy atom. The van der Waals surface area contributed by atoms with Gasteiger partial charge in [-0.25, -0.2) is 18.1 Å². The van der Waals surface area contributed by atoms with Crippen LogP contribution in [0.4, 0.5) is 0 Å². The molecule has 0 aliphatic heterocycles. The van der Waals surface area contributed by atoms with E-state index in [2.05, 4.69) is 9.71 Å². The van der Waals surface area contributed by atoms with E-state index in [4.69, 9.17) is 11.6 Å². The topological polar surface area (TPSA) is 64.0 Å². The number of hydrogen-bond donors (Lipinski definition) is 1. The van der Waals surface area contributed by atoms with Crippen molar-refractivity contribution in [1.29, 1.82) is 0 Å². The van der Waals surface area contributed by atoms with Crippen molar-refractivity contribution in [2.24, 2.45) is 0 Å². The van der Waals surface area contributed by atoms with Crippen molar-refractivity contribution < 1.29 is 8.42 Å². The van der Waals surface area contributed by atoms with Gasteiger partial charge in [0, 0.05) is 24.7 Å². The summed E-state index contributed by atoms with van der Waals surface area (Å²) in [5, 5.41) is -0.201. The molecule has 0 aliphatic rings. The Hall–Kier alpha value is -0.590. The number of halogens is 1. The van der Waals surface area contributed by atoms with Crippen molar-refractivity contribution in [1.82, 2.24) is 14.3 Å². The third-order valence-corrected chi connectivity index (χ3v) is 3.57. The number of sulfonamides is 1. The third kappa shape index (κ3) is 3.20. The molecule has 0 radical (unpaired) electrons. The fourth-order valence-electron chi connectivity index (χ4n) is 1.23. The molecular formula is C9H16ClN3O2S. The van der Waals surface area contributed by atoms with Crippen LogP contribution >= 0.6 is 11.6 Å². The van der Waals surface area contributed by atoms with Crippen LogP contribution in [0.3, 0.4) is 0 Å². The van der Waals surface area contributed by atoms with Crippen LogP contribution in [0.15, 0.2) is 11.2 Å². The summed E-state index contributed by atoms with van der Waals surface area (Å²) >= 11 is 5.68. The number of nitrogens with one attached hydrogen (secondary N) is 1. The minimum atomic E-state index is -3.53. The summed E-state index contributed by atoms with van der Waals surface area (Å²) in [6.07, 6.45) is 1.52. The van der Waals surface area contributed by atoms with E-state index in [0.29, 0.717) is 12.4 Å². The number of imidazole rings is 1. The number of rotatable bonds is 5. The summed E-state index contributed by atoms with van der Waals surface area (Å²) in [4.78, 5) is 4.00. The maximum Gasteiger partial charge on any atom is 0.259 e. The van der Waals surface area contributed by atoms with E-state index in [1.165, 1.54) is 6.20 Å². The molecule has 5 nitrogen and oxygen atoms in total. The molecule has 1 rings (SSSR count). The number of aromatic nitrogens is 2. The fraction of sp³-hybridized carbons (Fsp3) is 0.667. The van der Waals surface area contributed by atoms with Crippen LogP contribution in [0.2, 0.25) is 0 Å². The molecule has 92 valence electrons. The molecule has 0 fully saturated rings. The van der Waals surface area contributed by atoms with E-state index in [0.717, 1.165) is 0 Å². The fourth-order valence-corrected chi connectivity index (χ4v) is 2.53. The van der Waals surface area contributed by atoms with Crippen LogP contribution in [0.1, 0.15) is 19.7 Å². The minimum Gasteiger partial charge on any atom is -0.334 e. The molecule has 1 aromatic rings. The van der Waals surface area contributed by atoms with Crippen LogP contribution in [0, 0.1) is 6.92 Å². The first-order valence-corrected chi connectivity index (χ1v) is 6.96. The monoisotopic (exact) mass is 265 g/mol. The van der Waals surface area contributed by atoms with E-state index in [1.54, 1.807) is 18.4 Å². The summed E-state index contributed by atoms with van der Waals surface area (Å²) in [6, 6.07) is 0. The predicted molar refractivity (Wildman–Crippen MR) is 63.1 cm³/mol. The summed E-state index contributed by atoms with van der Waals surface area (Å²) < 4.78 is 27.7. The zero-order chi connectivity index (χ0) is 12.3. The van der Waals surface area contributed by atoms with Crippen LogP contribution in [-0.2, 0) is 16.6 Å². The normalized spacial score (nSPS) is 14.0. The Labute approximate surface area is 101 Å². The van der Waals surface area contributed by atoms with Crippen LogP contribution in [-0.4, -0.2) is 29.9 Å². The molecule has 1 unspecified atom stereocenters. The van der Waals surface area contributed by atoms with Crippen molar-refractivity contribution in [2.75, 3.05) is 6.54 Å². The standard InChI is InChI=1S/C9H16ClN3O2S/c1-4-13-6-9(12-8(13)3)16(14,15)11-5-7(2)10/h6-7,11H,4-5H2,1-3H3. The lowest BCUT2D eigenvalue weighted by atomic mass is 10.5. The summed E-state index contributed by atoms with van der Waals surface area (Å²) in [7, 11) is -3.53. The molecule has 0 aliphatic carbocycles. The quantitative estimate of drug-likeness (QED) is 0.812. The summed E-state index contributed by atoms with van der Waals surface area (Å²) in [5.74, 6) is 0.682. The summed E-state index contributed by atoms with van der Waals surface area (Å²) in [6.45, 7) is 6.31. The average molecular weight is 266 g/mol. The first-order chi connectivity index (χ1) is 7.36. The highest BCUT2D eigenvalue weighted by Crippen LogP contribution is 2.09. The molecule has 0 spiro atoms. The Morgan fingerprint density at radius 2 is 2.25 bits per heavy atom. The van der Waals surface area contributed by atoms with Crippen molar-refractivity contribution in [3.05, 3.63) is 12.0 Å². The van der Waals surface area contributed by atoms with Gasteiger partial charge in [0.1, 0.15) is 5.82 Å². The molecule has 0 saturated heterocycles. The lowest BCUT2D eigenvalue weighted by Gasteiger charge is -2.04. The second-order valence-corrected chi connectivity index (χ2v) is 6.00. The van der Waals surface area contributed by atoms with Gasteiger partial charge in [-0.1, -0.05) is 0 Å². The van der Waals surface area contributed by atoms with Gasteiger partial charge in [-0.15, -0.1) is 11.6 Å². The maximum absolute atomic E-state index is 11.8. The van der Waals surface area contributed by atoms with Gasteiger partial charge in [-0.05, 0) is 20.8 Å². The predicted octanol–water partition coefficient (Wildman–Crippen LogP) is 1.12. The Bertz CT molecular complexity index is 453. The molecule has 7 heteroatoms. The lowest BCUT2D eigenvalue weighted by molar-refractivity contribution is 0.577. The van der Waals surface area contributed by atoms with Crippen molar-refractivity contribution in [2.45, 2.75) is 37.7 Å². The van der Waals surface area contributed by atoms with Gasteiger partial charge in [0.25, 0.3) is 10.0 Å². The van der Waals surface area contributed by atoms with E-state index in [9.17, 15) is 8.42 Å². The van der Waals surface area contributed by atoms with Gasteiger partial charge < -0.3 is 4.57 Å². The first kappa shape index (κ1) is 13.5. The third-order valence-electron chi connectivity index (χ3n) is 2.12. The first-order valence-electron chi connectivity index (χ1n) is 5.04. The SMILES string of the molecule is CCn1cc(S(=O)(=O)NCC(C)Cl)nc1C. The largest absolute Gasteiger partial charge is 0.334 e. The van der Waals surface area contributed by atoms with Gasteiger partial charge >= 0.3 is 0 Å². The van der Waals surface area contributed by atoms with E-state index < -0.39 is 10.0 Å². The Kier molecular flexibility index (Phi) is 4.35. The Balaban J connectivity index is 2.90. The molecule has 0 saturated carbocycles. The van der Waals surface area contributed by atoms with Crippen LogP contribution in [0.25, 0.3) is 0 Å². The van der Waals surface area contributed by atoms with Crippen LogP contribution in [0.5, 0.6) is 0 Å². The molecule has 1 heterocycles. The van der Waals surface area contributed by atoms with Crippen molar-refractivity contribution >= 4 is 21.6 Å². The zero-order valence-corrected chi connectivity index (χ0v) is 11.1. The van der Waals surface area contributed by atoms with Crippen molar-refractivity contribution in [3.63, 3.8) is 0 Å². The molecule has 0 amide bonds. The van der Waals surface area contributed by atoms with Crippen LogP contribution < -0.4 is 4.72 Å². The molecule has 0 bridgehead atoms. The van der Waals surface area contributed by atoms with Gasteiger partial charge in [-0.3, -0.25) is 0 Å². The number of hydrogen-bond acceptors (Lipinski definition) is 3. The highest BCUT2D eigenvalue weighted by molar-refractivity contribution is 7.89. The molecular weight excluding hydrogens is 250 g/mol. The molecule has 16 heavy (non-hydrogen) atoms. The lowest BCUT2D eigenvalue weighted by Crippen LogP contribution is -2.29. The maximum atomic E-state index is 11.8. The van der Waals surface area contributed by atoms with E-state index in [1.807, 2.05) is 6.92 Å². The smallest absolute Gasteiger partial charge is 0.259 e. The molecule has 1 aromatic heterocycles. The van der Waals surface area contributed by atoms with Gasteiger partial charge in [0.2, 0.25) is 0 Å². The van der Waals surface area contributed by atoms with Crippen molar-refractivity contribution in [3.8, 4) is 0 Å². The Morgan fingerprint density at radius 3 is 2.69 bits per heavy atom. The molecule has 1 atom stereocenters. The highest BCUT2D eigenvalue weighted by atomic mass is 35.5. The average Bonchev–Trinajstić information content (AvgIpc) is 2.57. The minimum absolute atomic E-state index is 0.0455. The highest BCUT2D eigenvalue weighted by Gasteiger charge is 2.18. The van der Waals surface area contributed by atoms with E-state index in [-0.39, 0.29) is 16.9 Å². The molecule has 1 N–H and O–H groups in total. The number of alkyl halides is 1. The van der Waals surface area contributed by atoms with E-state index >= 15 is 0 Å². The van der Waals surface area contributed by atoms with Gasteiger partial charge in [0.15, 0.2) is 5.03 Å². The number of nitrogens with zero attached hydrogens (tertiary/aromatic N) is 2. The zero-order valence-electron chi connectivity index (χ0n) is 9.57.